The number of ether oxygens (including phenoxy) is 2. The lowest BCUT2D eigenvalue weighted by Gasteiger charge is -2.33. The minimum Gasteiger partial charge on any atom is -0.478 e. The van der Waals surface area contributed by atoms with Crippen molar-refractivity contribution in [1.29, 1.82) is 0 Å². The number of carboxylic acids is 1. The van der Waals surface area contributed by atoms with E-state index in [1.165, 1.54) is 12.1 Å². The summed E-state index contributed by atoms with van der Waals surface area (Å²) in [5, 5.41) is 9.68. The van der Waals surface area contributed by atoms with Gasteiger partial charge in [-0.3, -0.25) is 0 Å². The summed E-state index contributed by atoms with van der Waals surface area (Å²) < 4.78 is 59.7. The summed E-state index contributed by atoms with van der Waals surface area (Å²) in [5.74, 6) is -2.08. The molecule has 0 radical (unpaired) electrons. The Balaban J connectivity index is 1.20. The van der Waals surface area contributed by atoms with Crippen LogP contribution in [0.25, 0.3) is 22.3 Å². The third-order valence-corrected chi connectivity index (χ3v) is 9.21. The zero-order valence-electron chi connectivity index (χ0n) is 25.2. The predicted octanol–water partition coefficient (Wildman–Crippen LogP) is 7.97. The van der Waals surface area contributed by atoms with E-state index in [0.29, 0.717) is 29.0 Å². The van der Waals surface area contributed by atoms with Crippen molar-refractivity contribution in [2.45, 2.75) is 63.7 Å². The summed E-state index contributed by atoms with van der Waals surface area (Å²) in [5.41, 5.74) is 2.35. The number of hydrogen-bond acceptors (Lipinski definition) is 5. The monoisotopic (exact) mass is 627 g/mol. The molecule has 3 aromatic carbocycles. The van der Waals surface area contributed by atoms with E-state index >= 15 is 8.78 Å². The van der Waals surface area contributed by atoms with Gasteiger partial charge < -0.3 is 19.1 Å². The van der Waals surface area contributed by atoms with Gasteiger partial charge in [0.1, 0.15) is 29.9 Å². The summed E-state index contributed by atoms with van der Waals surface area (Å²) in [6.07, 6.45) is 4.43. The maximum atomic E-state index is 15.8. The molecule has 1 saturated carbocycles. The summed E-state index contributed by atoms with van der Waals surface area (Å²) in [6, 6.07) is 16.5. The zero-order valence-corrected chi connectivity index (χ0v) is 25.2. The molecule has 236 valence electrons. The van der Waals surface area contributed by atoms with Gasteiger partial charge in [-0.25, -0.2) is 27.9 Å². The minimum atomic E-state index is -1.05. The number of imidazole rings is 1. The van der Waals surface area contributed by atoms with Crippen molar-refractivity contribution in [3.05, 3.63) is 112 Å². The van der Waals surface area contributed by atoms with E-state index in [4.69, 9.17) is 14.5 Å². The number of aromatic carboxylic acids is 1. The number of pyridine rings is 1. The fourth-order valence-corrected chi connectivity index (χ4v) is 6.97. The van der Waals surface area contributed by atoms with E-state index in [1.807, 2.05) is 4.57 Å². The van der Waals surface area contributed by atoms with Gasteiger partial charge in [0, 0.05) is 30.2 Å². The number of carboxylic acid groups (broad SMARTS) is 1. The molecule has 1 spiro atoms. The van der Waals surface area contributed by atoms with Crippen molar-refractivity contribution in [2.75, 3.05) is 6.61 Å². The number of fused-ring (bicyclic) bond motifs is 1. The molecule has 1 N–H and O–H groups in total. The van der Waals surface area contributed by atoms with Crippen LogP contribution in [0, 0.1) is 24.4 Å². The van der Waals surface area contributed by atoms with Gasteiger partial charge in [-0.2, -0.15) is 0 Å². The number of rotatable bonds is 8. The largest absolute Gasteiger partial charge is 0.478 e. The molecule has 0 unspecified atom stereocenters. The maximum absolute atomic E-state index is 15.8. The number of aryl methyl sites for hydroxylation is 1. The van der Waals surface area contributed by atoms with Crippen LogP contribution in [0.3, 0.4) is 0 Å². The number of nitrogens with zero attached hydrogens (tertiary/aromatic N) is 3. The van der Waals surface area contributed by atoms with E-state index in [0.717, 1.165) is 49.8 Å². The molecule has 46 heavy (non-hydrogen) atoms. The van der Waals surface area contributed by atoms with Crippen LogP contribution in [-0.4, -0.2) is 37.8 Å². The van der Waals surface area contributed by atoms with Crippen LogP contribution < -0.4 is 4.74 Å². The van der Waals surface area contributed by atoms with Crippen molar-refractivity contribution in [2.24, 2.45) is 0 Å². The van der Waals surface area contributed by atoms with Crippen LogP contribution in [0.5, 0.6) is 5.88 Å². The van der Waals surface area contributed by atoms with Crippen molar-refractivity contribution >= 4 is 17.0 Å². The number of halogens is 3. The first-order valence-corrected chi connectivity index (χ1v) is 15.4. The van der Waals surface area contributed by atoms with Gasteiger partial charge in [0.05, 0.1) is 33.9 Å². The molecule has 0 amide bonds. The molecule has 1 aliphatic carbocycles. The Hall–Kier alpha value is -4.70. The smallest absolute Gasteiger partial charge is 0.335 e. The van der Waals surface area contributed by atoms with Crippen LogP contribution in [0.4, 0.5) is 13.2 Å². The van der Waals surface area contributed by atoms with Crippen LogP contribution in [0.15, 0.2) is 66.7 Å². The van der Waals surface area contributed by atoms with Crippen LogP contribution in [0.2, 0.25) is 0 Å². The van der Waals surface area contributed by atoms with E-state index in [-0.39, 0.29) is 52.9 Å². The van der Waals surface area contributed by atoms with Crippen molar-refractivity contribution in [1.82, 2.24) is 14.5 Å². The first kappa shape index (κ1) is 30.0. The summed E-state index contributed by atoms with van der Waals surface area (Å²) in [6.45, 7) is 2.38. The topological polar surface area (TPSA) is 86.5 Å². The molecule has 2 aromatic heterocycles. The second-order valence-corrected chi connectivity index (χ2v) is 12.2. The molecular formula is C36H32F3N3O4. The van der Waals surface area contributed by atoms with Gasteiger partial charge in [0.25, 0.3) is 0 Å². The molecule has 5 aromatic rings. The lowest BCUT2D eigenvalue weighted by molar-refractivity contribution is -0.0212. The van der Waals surface area contributed by atoms with Crippen molar-refractivity contribution < 1.29 is 32.5 Å². The quantitative estimate of drug-likeness (QED) is 0.188. The Morgan fingerprint density at radius 2 is 1.80 bits per heavy atom. The number of benzene rings is 3. The average Bonchev–Trinajstić information content (AvgIpc) is 3.77. The Bertz CT molecular complexity index is 1960. The Morgan fingerprint density at radius 3 is 2.59 bits per heavy atom. The van der Waals surface area contributed by atoms with Gasteiger partial charge in [0.2, 0.25) is 5.88 Å². The molecule has 7 nitrogen and oxygen atoms in total. The predicted molar refractivity (Wildman–Crippen MR) is 165 cm³/mol. The maximum Gasteiger partial charge on any atom is 0.335 e. The molecule has 1 saturated heterocycles. The van der Waals surface area contributed by atoms with Gasteiger partial charge >= 0.3 is 5.97 Å². The fraction of sp³-hybridized carbons (Fsp3) is 0.306. The molecule has 1 aliphatic heterocycles. The SMILES string of the molecule is Cc1ccc(COc2cccc(-c3cc(F)c(Cc4nc5ccc(C(=O)O)cc5n4[C@H]4CCC[C@@]45CCCO5)cc3F)n2)c(F)c1. The van der Waals surface area contributed by atoms with Crippen LogP contribution >= 0.6 is 0 Å². The van der Waals surface area contributed by atoms with E-state index in [1.54, 1.807) is 49.4 Å². The Labute approximate surface area is 263 Å². The number of carbonyl (C=O) groups is 1. The molecule has 3 heterocycles. The average molecular weight is 628 g/mol. The number of hydrogen-bond donors (Lipinski definition) is 1. The van der Waals surface area contributed by atoms with Gasteiger partial charge in [-0.05, 0) is 92.6 Å². The number of aromatic nitrogens is 3. The third-order valence-electron chi connectivity index (χ3n) is 9.21. The highest BCUT2D eigenvalue weighted by atomic mass is 19.1. The summed E-state index contributed by atoms with van der Waals surface area (Å²) >= 11 is 0. The summed E-state index contributed by atoms with van der Waals surface area (Å²) in [4.78, 5) is 21.0. The third kappa shape index (κ3) is 5.51. The normalized spacial score (nSPS) is 19.3. The fourth-order valence-electron chi connectivity index (χ4n) is 6.97. The van der Waals surface area contributed by atoms with Gasteiger partial charge in [-0.15, -0.1) is 0 Å². The highest BCUT2D eigenvalue weighted by Gasteiger charge is 2.48. The lowest BCUT2D eigenvalue weighted by Crippen LogP contribution is -2.35. The second kappa shape index (κ2) is 11.9. The first-order valence-electron chi connectivity index (χ1n) is 15.4. The zero-order chi connectivity index (χ0) is 32.0. The molecule has 2 fully saturated rings. The van der Waals surface area contributed by atoms with Crippen LogP contribution in [-0.2, 0) is 17.8 Å². The molecule has 2 aliphatic rings. The van der Waals surface area contributed by atoms with Crippen molar-refractivity contribution in [3.8, 4) is 17.1 Å². The standard InChI is InChI=1S/C36H32F3N3O4/c1-21-8-9-23(26(37)15-21)20-45-34-7-2-5-29(41-34)25-19-27(38)24(16-28(25)39)18-33-40-30-11-10-22(35(43)44)17-31(30)42(33)32-6-3-12-36(32)13-4-14-46-36/h2,5,7-11,15-17,19,32H,3-4,6,12-14,18,20H2,1H3,(H,43,44)/t32-,36+/m0/s1. The van der Waals surface area contributed by atoms with E-state index < -0.39 is 23.4 Å². The molecule has 2 atom stereocenters. The van der Waals surface area contributed by atoms with Gasteiger partial charge in [0.15, 0.2) is 0 Å². The Morgan fingerprint density at radius 1 is 0.978 bits per heavy atom. The lowest BCUT2D eigenvalue weighted by atomic mass is 9.93. The Kier molecular flexibility index (Phi) is 7.76. The van der Waals surface area contributed by atoms with Gasteiger partial charge in [-0.1, -0.05) is 18.2 Å². The summed E-state index contributed by atoms with van der Waals surface area (Å²) in [7, 11) is 0. The minimum absolute atomic E-state index is 0.00854. The highest BCUT2D eigenvalue weighted by Crippen LogP contribution is 2.49. The van der Waals surface area contributed by atoms with E-state index in [2.05, 4.69) is 4.98 Å². The first-order chi connectivity index (χ1) is 22.2. The highest BCUT2D eigenvalue weighted by molar-refractivity contribution is 5.92. The molecular weight excluding hydrogens is 595 g/mol. The van der Waals surface area contributed by atoms with Crippen LogP contribution in [0.1, 0.15) is 71.0 Å². The second-order valence-electron chi connectivity index (χ2n) is 12.2. The molecule has 0 bridgehead atoms. The van der Waals surface area contributed by atoms with E-state index in [9.17, 15) is 14.3 Å². The van der Waals surface area contributed by atoms with Crippen molar-refractivity contribution in [3.63, 3.8) is 0 Å². The molecule has 10 heteroatoms. The molecule has 7 rings (SSSR count).